The van der Waals surface area contributed by atoms with E-state index in [0.29, 0.717) is 28.2 Å². The van der Waals surface area contributed by atoms with Gasteiger partial charge in [-0.15, -0.1) is 0 Å². The fraction of sp³-hybridized carbons (Fsp3) is 0. The number of nitriles is 2. The lowest BCUT2D eigenvalue weighted by Gasteiger charge is -2.28. The van der Waals surface area contributed by atoms with Gasteiger partial charge in [0.15, 0.2) is 0 Å². The minimum absolute atomic E-state index is 0.463. The molecule has 446 valence electrons. The Hall–Kier alpha value is -13.2. The molecule has 5 nitrogen and oxygen atoms in total. The van der Waals surface area contributed by atoms with Gasteiger partial charge in [-0.05, 0) is 126 Å². The average molecular weight is 1220 g/mol. The summed E-state index contributed by atoms with van der Waals surface area (Å²) in [5.41, 5.74) is 23.5. The topological polar surface area (TPSA) is 70.3 Å². The van der Waals surface area contributed by atoms with Gasteiger partial charge in [0, 0.05) is 55.0 Å². The lowest BCUT2D eigenvalue weighted by Crippen LogP contribution is -2.06. The third kappa shape index (κ3) is 9.42. The Morgan fingerprint density at radius 1 is 0.229 bits per heavy atom. The first kappa shape index (κ1) is 56.8. The van der Waals surface area contributed by atoms with E-state index in [1.165, 1.54) is 0 Å². The van der Waals surface area contributed by atoms with Gasteiger partial charge in [-0.2, -0.15) is 10.5 Å². The molecular formula is C91H57N5. The summed E-state index contributed by atoms with van der Waals surface area (Å²) in [4.78, 5) is 6.14. The molecule has 3 heterocycles. The van der Waals surface area contributed by atoms with Crippen LogP contribution in [0.1, 0.15) is 11.1 Å². The Labute approximate surface area is 556 Å². The molecule has 0 aliphatic carbocycles. The molecule has 5 heteroatoms. The molecule has 0 unspecified atom stereocenters. The van der Waals surface area contributed by atoms with Crippen LogP contribution in [0.25, 0.3) is 167 Å². The van der Waals surface area contributed by atoms with E-state index in [4.69, 9.17) is 4.98 Å². The molecule has 0 spiro atoms. The summed E-state index contributed by atoms with van der Waals surface area (Å²) in [5.74, 6) is 0.606. The lowest BCUT2D eigenvalue weighted by molar-refractivity contribution is 1.08. The molecule has 17 aromatic rings. The van der Waals surface area contributed by atoms with Gasteiger partial charge in [-0.25, -0.2) is 4.98 Å². The van der Waals surface area contributed by atoms with Gasteiger partial charge in [0.2, 0.25) is 0 Å². The first-order valence-corrected chi connectivity index (χ1v) is 32.4. The Kier molecular flexibility index (Phi) is 14.3. The van der Waals surface area contributed by atoms with Crippen molar-refractivity contribution >= 4 is 43.6 Å². The Morgan fingerprint density at radius 3 is 0.865 bits per heavy atom. The molecule has 0 aliphatic heterocycles. The van der Waals surface area contributed by atoms with Crippen molar-refractivity contribution in [2.24, 2.45) is 0 Å². The zero-order valence-electron chi connectivity index (χ0n) is 52.1. The second-order valence-corrected chi connectivity index (χ2v) is 24.1. The van der Waals surface area contributed by atoms with E-state index in [1.807, 2.05) is 42.5 Å². The molecule has 0 N–H and O–H groups in total. The summed E-state index contributed by atoms with van der Waals surface area (Å²) in [5, 5.41) is 29.7. The molecule has 0 atom stereocenters. The third-order valence-electron chi connectivity index (χ3n) is 18.8. The minimum Gasteiger partial charge on any atom is -0.309 e. The van der Waals surface area contributed by atoms with Gasteiger partial charge < -0.3 is 4.57 Å². The van der Waals surface area contributed by atoms with Gasteiger partial charge in [-0.3, -0.25) is 4.57 Å². The molecule has 0 radical (unpaired) electrons. The monoisotopic (exact) mass is 1220 g/mol. The summed E-state index contributed by atoms with van der Waals surface area (Å²) in [6.45, 7) is 0. The highest BCUT2D eigenvalue weighted by Crippen LogP contribution is 2.56. The largest absolute Gasteiger partial charge is 0.309 e. The van der Waals surface area contributed by atoms with Crippen LogP contribution in [0.5, 0.6) is 0 Å². The van der Waals surface area contributed by atoms with Crippen molar-refractivity contribution in [3.63, 3.8) is 0 Å². The predicted octanol–water partition coefficient (Wildman–Crippen LogP) is 23.7. The highest BCUT2D eigenvalue weighted by Gasteiger charge is 2.33. The molecule has 0 saturated carbocycles. The summed E-state index contributed by atoms with van der Waals surface area (Å²) in [7, 11) is 0. The smallest absolute Gasteiger partial charge is 0.138 e. The number of pyridine rings is 1. The lowest BCUT2D eigenvalue weighted by atomic mass is 9.75. The number of hydrogen-bond donors (Lipinski definition) is 0. The van der Waals surface area contributed by atoms with Gasteiger partial charge in [0.05, 0.1) is 38.9 Å². The molecule has 0 amide bonds. The van der Waals surface area contributed by atoms with Crippen LogP contribution in [0.2, 0.25) is 0 Å². The molecule has 0 aliphatic rings. The molecule has 17 rings (SSSR count). The highest BCUT2D eigenvalue weighted by molar-refractivity contribution is 6.29. The normalized spacial score (nSPS) is 11.3. The third-order valence-corrected chi connectivity index (χ3v) is 18.8. The number of benzene rings is 14. The predicted molar refractivity (Wildman–Crippen MR) is 397 cm³/mol. The molecule has 0 fully saturated rings. The summed E-state index contributed by atoms with van der Waals surface area (Å²) < 4.78 is 4.69. The van der Waals surface area contributed by atoms with Gasteiger partial charge >= 0.3 is 0 Å². The second-order valence-electron chi connectivity index (χ2n) is 24.1. The van der Waals surface area contributed by atoms with Crippen LogP contribution < -0.4 is 0 Å². The van der Waals surface area contributed by atoms with Crippen LogP contribution >= 0.6 is 0 Å². The first-order chi connectivity index (χ1) is 47.6. The second kappa shape index (κ2) is 24.1. The quantitative estimate of drug-likeness (QED) is 0.122. The molecule has 0 bridgehead atoms. The van der Waals surface area contributed by atoms with Gasteiger partial charge in [-0.1, -0.05) is 297 Å². The van der Waals surface area contributed by atoms with Crippen LogP contribution in [0, 0.1) is 22.7 Å². The summed E-state index contributed by atoms with van der Waals surface area (Å²) in [6.07, 6.45) is 0. The number of fused-ring (bicyclic) bond motifs is 7. The highest BCUT2D eigenvalue weighted by atomic mass is 15.1. The van der Waals surface area contributed by atoms with Crippen LogP contribution in [-0.4, -0.2) is 14.1 Å². The van der Waals surface area contributed by atoms with E-state index in [1.54, 1.807) is 0 Å². The van der Waals surface area contributed by atoms with Crippen molar-refractivity contribution in [2.45, 2.75) is 0 Å². The summed E-state index contributed by atoms with van der Waals surface area (Å²) in [6, 6.07) is 127. The van der Waals surface area contributed by atoms with Crippen molar-refractivity contribution in [3.05, 3.63) is 357 Å². The maximum Gasteiger partial charge on any atom is 0.138 e. The van der Waals surface area contributed by atoms with E-state index < -0.39 is 0 Å². The van der Waals surface area contributed by atoms with E-state index >= 15 is 0 Å². The van der Waals surface area contributed by atoms with Crippen molar-refractivity contribution in [3.8, 4) is 135 Å². The Morgan fingerprint density at radius 2 is 0.500 bits per heavy atom. The maximum absolute atomic E-state index is 12.6. The zero-order valence-corrected chi connectivity index (χ0v) is 52.1. The van der Waals surface area contributed by atoms with Gasteiger partial charge in [0.25, 0.3) is 0 Å². The van der Waals surface area contributed by atoms with Gasteiger partial charge in [0.1, 0.15) is 18.0 Å². The molecule has 3 aromatic heterocycles. The SMILES string of the molecule is N#Cc1c(-c2ccccc2)c(-c2ccccc2)c(-c2ccccc2)c(-c2ccccc2)c1-c1cc(-c2c(C#N)c(-c3ccccc3)c(-c3ccccc3)c(-c3ccccc3)c2-c2ccccc2)nc(-n2c3ccccc3c3c4c5ccccc5n(-c5ccccc5)c4ccc32)c1. The number of aromatic nitrogens is 3. The van der Waals surface area contributed by atoms with Crippen LogP contribution in [0.15, 0.2) is 346 Å². The van der Waals surface area contributed by atoms with E-state index in [-0.39, 0.29) is 0 Å². The molecule has 14 aromatic carbocycles. The fourth-order valence-corrected chi connectivity index (χ4v) is 14.9. The van der Waals surface area contributed by atoms with Crippen molar-refractivity contribution in [1.82, 2.24) is 14.1 Å². The standard InChI is InChI=1S/C91H57N5/c92-58-72-80(60-32-10-1-11-33-60)83(62-36-14-3-15-37-62)86(65-42-20-6-21-43-65)85(64-40-18-5-19-41-64)82(72)68-56-74(94-79(57-68)96-76-53-31-29-51-71(76)91-78(96)55-54-77-90(91)70-50-28-30-52-75(70)95(77)69-48-26-9-27-49-69)89-73(59-93)81(61-34-12-2-13-35-61)84(63-38-16-4-17-39-63)87(66-44-22-7-23-45-66)88(89)67-46-24-8-25-47-67/h1-57H. The molecule has 0 saturated heterocycles. The van der Waals surface area contributed by atoms with Crippen molar-refractivity contribution in [1.29, 1.82) is 10.5 Å². The number of hydrogen-bond acceptors (Lipinski definition) is 3. The minimum atomic E-state index is 0.463. The van der Waals surface area contributed by atoms with Crippen molar-refractivity contribution < 1.29 is 0 Å². The van der Waals surface area contributed by atoms with E-state index in [2.05, 4.69) is 325 Å². The van der Waals surface area contributed by atoms with E-state index in [0.717, 1.165) is 149 Å². The number of para-hydroxylation sites is 3. The molecular weight excluding hydrogens is 1160 g/mol. The Bertz CT molecular complexity index is 5650. The maximum atomic E-state index is 12.6. The number of nitrogens with zero attached hydrogens (tertiary/aromatic N) is 5. The zero-order chi connectivity index (χ0) is 64.1. The van der Waals surface area contributed by atoms with E-state index in [9.17, 15) is 10.5 Å². The van der Waals surface area contributed by atoms with Crippen molar-refractivity contribution in [2.75, 3.05) is 0 Å². The fourth-order valence-electron chi connectivity index (χ4n) is 14.9. The van der Waals surface area contributed by atoms with Crippen LogP contribution in [-0.2, 0) is 0 Å². The molecule has 96 heavy (non-hydrogen) atoms. The summed E-state index contributed by atoms with van der Waals surface area (Å²) >= 11 is 0. The average Bonchev–Trinajstić information content (AvgIpc) is 1.48. The Balaban J connectivity index is 1.12. The van der Waals surface area contributed by atoms with Crippen LogP contribution in [0.4, 0.5) is 0 Å². The van der Waals surface area contributed by atoms with Crippen LogP contribution in [0.3, 0.4) is 0 Å². The first-order valence-electron chi connectivity index (χ1n) is 32.4. The number of rotatable bonds is 12.